The van der Waals surface area contributed by atoms with Crippen molar-refractivity contribution in [2.75, 3.05) is 6.54 Å². The molecule has 0 unspecified atom stereocenters. The van der Waals surface area contributed by atoms with E-state index in [1.165, 1.54) is 12.8 Å². The van der Waals surface area contributed by atoms with Crippen LogP contribution in [0.4, 0.5) is 0 Å². The maximum Gasteiger partial charge on any atom is 0.00619 e. The van der Waals surface area contributed by atoms with Crippen LogP contribution >= 0.6 is 0 Å². The van der Waals surface area contributed by atoms with E-state index in [4.69, 9.17) is 6.92 Å². The van der Waals surface area contributed by atoms with Gasteiger partial charge < -0.3 is 5.32 Å². The quantitative estimate of drug-likeness (QED) is 0.582. The summed E-state index contributed by atoms with van der Waals surface area (Å²) < 4.78 is 0. The summed E-state index contributed by atoms with van der Waals surface area (Å²) in [5, 5.41) is 3.16. The molecule has 2 radical (unpaired) electrons. The normalized spacial score (nSPS) is 10.5. The fraction of sp³-hybridized carbons (Fsp3) is 0.857. The Hall–Kier alpha value is -0.0400. The highest BCUT2D eigenvalue weighted by Crippen LogP contribution is 1.93. The van der Waals surface area contributed by atoms with Crippen molar-refractivity contribution in [3.63, 3.8) is 0 Å². The van der Waals surface area contributed by atoms with Crippen molar-refractivity contribution < 1.29 is 0 Å². The predicted octanol–water partition coefficient (Wildman–Crippen LogP) is 1.48. The minimum Gasteiger partial charge on any atom is -0.314 e. The Morgan fingerprint density at radius 3 is 2.00 bits per heavy atom. The third-order valence-electron chi connectivity index (χ3n) is 1.39. The number of rotatable bonds is 4. The summed E-state index contributed by atoms with van der Waals surface area (Å²) in [4.78, 5) is 0. The van der Waals surface area contributed by atoms with E-state index in [2.05, 4.69) is 19.2 Å². The molecule has 0 aromatic rings. The average Bonchev–Trinajstić information content (AvgIpc) is 1.83. The van der Waals surface area contributed by atoms with Crippen LogP contribution < -0.4 is 5.32 Å². The summed E-state index contributed by atoms with van der Waals surface area (Å²) in [5.74, 6) is 0. The molecular weight excluding hydrogens is 98.1 g/mol. The van der Waals surface area contributed by atoms with Crippen LogP contribution in [0.15, 0.2) is 0 Å². The molecule has 0 fully saturated rings. The molecule has 0 bridgehead atoms. The number of hydrogen-bond acceptors (Lipinski definition) is 1. The zero-order chi connectivity index (χ0) is 6.41. The monoisotopic (exact) mass is 113 g/mol. The van der Waals surface area contributed by atoms with Gasteiger partial charge in [-0.05, 0) is 26.3 Å². The third kappa shape index (κ3) is 3.03. The highest BCUT2D eigenvalue weighted by atomic mass is 14.9. The Kier molecular flexibility index (Phi) is 5.08. The minimum absolute atomic E-state index is 0.604. The zero-order valence-electron chi connectivity index (χ0n) is 5.78. The highest BCUT2D eigenvalue weighted by Gasteiger charge is 1.97. The lowest BCUT2D eigenvalue weighted by molar-refractivity contribution is 0.509. The van der Waals surface area contributed by atoms with Gasteiger partial charge in [-0.3, -0.25) is 0 Å². The maximum absolute atomic E-state index is 5.27. The fourth-order valence-corrected chi connectivity index (χ4v) is 0.744. The van der Waals surface area contributed by atoms with E-state index >= 15 is 0 Å². The van der Waals surface area contributed by atoms with Gasteiger partial charge in [0.25, 0.3) is 0 Å². The Bertz CT molecular complexity index is 39.7. The lowest BCUT2D eigenvalue weighted by Gasteiger charge is -2.11. The van der Waals surface area contributed by atoms with Gasteiger partial charge >= 0.3 is 0 Å². The Labute approximate surface area is 52.5 Å². The van der Waals surface area contributed by atoms with Crippen molar-refractivity contribution in [3.8, 4) is 0 Å². The van der Waals surface area contributed by atoms with Crippen molar-refractivity contribution in [3.05, 3.63) is 6.92 Å². The summed E-state index contributed by atoms with van der Waals surface area (Å²) in [5.41, 5.74) is 0. The van der Waals surface area contributed by atoms with E-state index in [0.717, 1.165) is 0 Å². The first kappa shape index (κ1) is 7.96. The molecule has 0 rings (SSSR count). The molecule has 0 amide bonds. The van der Waals surface area contributed by atoms with Gasteiger partial charge in [-0.25, -0.2) is 0 Å². The van der Waals surface area contributed by atoms with Crippen LogP contribution in [0.2, 0.25) is 0 Å². The maximum atomic E-state index is 5.27. The molecule has 0 aromatic carbocycles. The standard InChI is InChI=1S/C7H15N/c1-4-7(5-2)8-6-3/h3,7-8H,4-6H2,1-2H3. The highest BCUT2D eigenvalue weighted by molar-refractivity contribution is 4.61. The molecule has 0 aromatic heterocycles. The summed E-state index contributed by atoms with van der Waals surface area (Å²) >= 11 is 0. The first-order valence-electron chi connectivity index (χ1n) is 3.28. The molecular formula is C7H15N. The van der Waals surface area contributed by atoms with Gasteiger partial charge in [-0.2, -0.15) is 0 Å². The molecule has 48 valence electrons. The van der Waals surface area contributed by atoms with Crippen LogP contribution in [0.25, 0.3) is 0 Å². The van der Waals surface area contributed by atoms with Gasteiger partial charge in [-0.15, -0.1) is 0 Å². The molecule has 1 heteroatoms. The summed E-state index contributed by atoms with van der Waals surface area (Å²) in [7, 11) is 0. The second kappa shape index (κ2) is 5.10. The average molecular weight is 113 g/mol. The summed E-state index contributed by atoms with van der Waals surface area (Å²) in [6, 6.07) is 0.625. The zero-order valence-corrected chi connectivity index (χ0v) is 5.78. The Morgan fingerprint density at radius 1 is 1.38 bits per heavy atom. The van der Waals surface area contributed by atoms with Crippen LogP contribution in [0, 0.1) is 6.92 Å². The molecule has 0 spiro atoms. The van der Waals surface area contributed by atoms with Crippen LogP contribution in [-0.2, 0) is 0 Å². The molecule has 0 atom stereocenters. The molecule has 0 saturated carbocycles. The lowest BCUT2D eigenvalue weighted by atomic mass is 10.2. The van der Waals surface area contributed by atoms with Crippen molar-refractivity contribution in [1.29, 1.82) is 0 Å². The van der Waals surface area contributed by atoms with Crippen LogP contribution in [0.5, 0.6) is 0 Å². The summed E-state index contributed by atoms with van der Waals surface area (Å²) in [6.45, 7) is 10.2. The molecule has 8 heavy (non-hydrogen) atoms. The number of nitrogens with one attached hydrogen (secondary N) is 1. The smallest absolute Gasteiger partial charge is 0.00619 e. The molecule has 0 aliphatic carbocycles. The van der Waals surface area contributed by atoms with Gasteiger partial charge in [0, 0.05) is 6.04 Å². The lowest BCUT2D eigenvalue weighted by Crippen LogP contribution is -2.26. The van der Waals surface area contributed by atoms with Gasteiger partial charge in [0.05, 0.1) is 0 Å². The van der Waals surface area contributed by atoms with Crippen molar-refractivity contribution >= 4 is 0 Å². The minimum atomic E-state index is 0.604. The first-order valence-corrected chi connectivity index (χ1v) is 3.28. The van der Waals surface area contributed by atoms with E-state index < -0.39 is 0 Å². The molecule has 0 aliphatic heterocycles. The van der Waals surface area contributed by atoms with E-state index in [1.54, 1.807) is 0 Å². The Morgan fingerprint density at radius 2 is 1.88 bits per heavy atom. The first-order chi connectivity index (χ1) is 3.85. The van der Waals surface area contributed by atoms with Crippen LogP contribution in [0.1, 0.15) is 26.7 Å². The van der Waals surface area contributed by atoms with Gasteiger partial charge in [0.2, 0.25) is 0 Å². The van der Waals surface area contributed by atoms with Crippen molar-refractivity contribution in [2.24, 2.45) is 0 Å². The van der Waals surface area contributed by atoms with E-state index in [-0.39, 0.29) is 0 Å². The Balaban J connectivity index is 3.07. The number of hydrogen-bond donors (Lipinski definition) is 1. The van der Waals surface area contributed by atoms with Crippen LogP contribution in [-0.4, -0.2) is 12.6 Å². The molecule has 0 heterocycles. The molecule has 1 nitrogen and oxygen atoms in total. The van der Waals surface area contributed by atoms with Crippen molar-refractivity contribution in [2.45, 2.75) is 32.7 Å². The molecule has 1 N–H and O–H groups in total. The topological polar surface area (TPSA) is 12.0 Å². The molecule has 0 saturated heterocycles. The van der Waals surface area contributed by atoms with Gasteiger partial charge in [0.15, 0.2) is 0 Å². The van der Waals surface area contributed by atoms with Gasteiger partial charge in [0.1, 0.15) is 0 Å². The fourth-order valence-electron chi connectivity index (χ4n) is 0.744. The second-order valence-corrected chi connectivity index (χ2v) is 1.92. The van der Waals surface area contributed by atoms with E-state index in [1.807, 2.05) is 0 Å². The van der Waals surface area contributed by atoms with Crippen LogP contribution in [0.3, 0.4) is 0 Å². The van der Waals surface area contributed by atoms with E-state index in [0.29, 0.717) is 12.6 Å². The van der Waals surface area contributed by atoms with Crippen molar-refractivity contribution in [1.82, 2.24) is 5.32 Å². The molecule has 0 aliphatic rings. The van der Waals surface area contributed by atoms with E-state index in [9.17, 15) is 0 Å². The SMILES string of the molecule is [CH]CNC(CC)CC. The van der Waals surface area contributed by atoms with Gasteiger partial charge in [-0.1, -0.05) is 13.8 Å². The predicted molar refractivity (Wildman–Crippen MR) is 36.7 cm³/mol. The summed E-state index contributed by atoms with van der Waals surface area (Å²) in [6.07, 6.45) is 2.35. The third-order valence-corrected chi connectivity index (χ3v) is 1.39. The second-order valence-electron chi connectivity index (χ2n) is 1.92. The largest absolute Gasteiger partial charge is 0.314 e.